The van der Waals surface area contributed by atoms with Crippen LogP contribution in [0.3, 0.4) is 0 Å². The van der Waals surface area contributed by atoms with Crippen molar-refractivity contribution in [2.45, 2.75) is 0 Å². The van der Waals surface area contributed by atoms with Crippen molar-refractivity contribution in [3.05, 3.63) is 170 Å². The predicted octanol–water partition coefficient (Wildman–Crippen LogP) is 12.3. The second-order valence-corrected chi connectivity index (χ2v) is 12.8. The summed E-state index contributed by atoms with van der Waals surface area (Å²) < 4.78 is 2.48. The Morgan fingerprint density at radius 3 is 1.43 bits per heavy atom. The number of hydrogen-bond acceptors (Lipinski definition) is 3. The Balaban J connectivity index is 1.17. The molecule has 2 aromatic heterocycles. The van der Waals surface area contributed by atoms with Gasteiger partial charge in [-0.3, -0.25) is 0 Å². The fraction of sp³-hybridized carbons (Fsp3) is 0. The standard InChI is InChI=1S/C44H28N2S/c1-3-11-29(12-4-1)31-21-25-33(26-22-31)35-16-9-17-36-37-18-10-19-39(43(37)47-42(35)36)44-45-40-20-8-7-15-38(40)41(46-44)34-27-23-32(24-28-34)30-13-5-2-6-14-30/h1-28H. The van der Waals surface area contributed by atoms with Gasteiger partial charge in [-0.15, -0.1) is 11.3 Å². The molecule has 0 aliphatic heterocycles. The van der Waals surface area contributed by atoms with Gasteiger partial charge in [0.05, 0.1) is 11.2 Å². The number of benzene rings is 7. The first-order valence-electron chi connectivity index (χ1n) is 15.8. The minimum Gasteiger partial charge on any atom is -0.228 e. The highest BCUT2D eigenvalue weighted by molar-refractivity contribution is 7.26. The molecule has 0 unspecified atom stereocenters. The summed E-state index contributed by atoms with van der Waals surface area (Å²) in [6, 6.07) is 60.2. The van der Waals surface area contributed by atoms with Gasteiger partial charge < -0.3 is 0 Å². The lowest BCUT2D eigenvalue weighted by Crippen LogP contribution is -1.95. The van der Waals surface area contributed by atoms with Crippen LogP contribution in [0.5, 0.6) is 0 Å². The highest BCUT2D eigenvalue weighted by Gasteiger charge is 2.17. The van der Waals surface area contributed by atoms with Crippen LogP contribution in [0.4, 0.5) is 0 Å². The number of thiophene rings is 1. The summed E-state index contributed by atoms with van der Waals surface area (Å²) in [5.74, 6) is 0.747. The third-order valence-corrected chi connectivity index (χ3v) is 10.2. The molecule has 0 aliphatic rings. The maximum absolute atomic E-state index is 5.28. The molecule has 0 saturated carbocycles. The number of hydrogen-bond donors (Lipinski definition) is 0. The normalized spacial score (nSPS) is 11.4. The second-order valence-electron chi connectivity index (χ2n) is 11.8. The highest BCUT2D eigenvalue weighted by atomic mass is 32.1. The van der Waals surface area contributed by atoms with E-state index < -0.39 is 0 Å². The van der Waals surface area contributed by atoms with Gasteiger partial charge in [-0.05, 0) is 45.5 Å². The summed E-state index contributed by atoms with van der Waals surface area (Å²) in [7, 11) is 0. The van der Waals surface area contributed by atoms with Crippen molar-refractivity contribution >= 4 is 42.4 Å². The Kier molecular flexibility index (Phi) is 6.69. The molecular weight excluding hydrogens is 589 g/mol. The summed E-state index contributed by atoms with van der Waals surface area (Å²) in [6.45, 7) is 0. The number of aromatic nitrogens is 2. The zero-order valence-electron chi connectivity index (χ0n) is 25.5. The molecule has 0 radical (unpaired) electrons. The van der Waals surface area contributed by atoms with Crippen molar-refractivity contribution in [2.75, 3.05) is 0 Å². The van der Waals surface area contributed by atoms with Crippen LogP contribution in [0.1, 0.15) is 0 Å². The van der Waals surface area contributed by atoms with Gasteiger partial charge in [0.25, 0.3) is 0 Å². The average Bonchev–Trinajstić information content (AvgIpc) is 3.55. The maximum atomic E-state index is 5.28. The molecule has 0 spiro atoms. The maximum Gasteiger partial charge on any atom is 0.161 e. The van der Waals surface area contributed by atoms with Crippen molar-refractivity contribution in [1.82, 2.24) is 9.97 Å². The van der Waals surface area contributed by atoms with E-state index in [1.54, 1.807) is 0 Å². The smallest absolute Gasteiger partial charge is 0.161 e. The fourth-order valence-corrected chi connectivity index (χ4v) is 7.91. The molecular formula is C44H28N2S. The molecule has 0 saturated heterocycles. The van der Waals surface area contributed by atoms with E-state index in [1.165, 1.54) is 53.6 Å². The van der Waals surface area contributed by atoms with Gasteiger partial charge in [-0.1, -0.05) is 158 Å². The van der Waals surface area contributed by atoms with Crippen molar-refractivity contribution in [2.24, 2.45) is 0 Å². The SMILES string of the molecule is c1ccc(-c2ccc(-c3nc(-c4cccc5c4sc4c(-c6ccc(-c7ccccc7)cc6)cccc45)nc4ccccc34)cc2)cc1. The van der Waals surface area contributed by atoms with Gasteiger partial charge in [0, 0.05) is 36.7 Å². The zero-order chi connectivity index (χ0) is 31.2. The van der Waals surface area contributed by atoms with E-state index in [0.29, 0.717) is 0 Å². The van der Waals surface area contributed by atoms with E-state index in [1.807, 2.05) is 17.4 Å². The molecule has 220 valence electrons. The quantitative estimate of drug-likeness (QED) is 0.192. The van der Waals surface area contributed by atoms with Crippen LogP contribution >= 0.6 is 11.3 Å². The number of para-hydroxylation sites is 1. The molecule has 47 heavy (non-hydrogen) atoms. The largest absolute Gasteiger partial charge is 0.228 e. The third kappa shape index (κ3) is 4.89. The Labute approximate surface area is 277 Å². The van der Waals surface area contributed by atoms with E-state index in [0.717, 1.165) is 33.5 Å². The van der Waals surface area contributed by atoms with E-state index in [4.69, 9.17) is 9.97 Å². The molecule has 9 rings (SSSR count). The molecule has 0 N–H and O–H groups in total. The lowest BCUT2D eigenvalue weighted by Gasteiger charge is -2.11. The van der Waals surface area contributed by atoms with Gasteiger partial charge in [-0.25, -0.2) is 9.97 Å². The third-order valence-electron chi connectivity index (χ3n) is 8.94. The Morgan fingerprint density at radius 1 is 0.319 bits per heavy atom. The first kappa shape index (κ1) is 27.4. The van der Waals surface area contributed by atoms with E-state index >= 15 is 0 Å². The van der Waals surface area contributed by atoms with Gasteiger partial charge in [-0.2, -0.15) is 0 Å². The average molecular weight is 617 g/mol. The predicted molar refractivity (Wildman–Crippen MR) is 200 cm³/mol. The van der Waals surface area contributed by atoms with Gasteiger partial charge in [0.2, 0.25) is 0 Å². The first-order valence-corrected chi connectivity index (χ1v) is 16.6. The van der Waals surface area contributed by atoms with Gasteiger partial charge >= 0.3 is 0 Å². The lowest BCUT2D eigenvalue weighted by atomic mass is 9.99. The molecule has 9 aromatic rings. The minimum atomic E-state index is 0.747. The Bertz CT molecular complexity index is 2530. The van der Waals surface area contributed by atoms with Crippen LogP contribution in [0, 0.1) is 0 Å². The van der Waals surface area contributed by atoms with Crippen LogP contribution in [0.25, 0.3) is 87.1 Å². The molecule has 0 amide bonds. The summed E-state index contributed by atoms with van der Waals surface area (Å²) in [6.07, 6.45) is 0. The van der Waals surface area contributed by atoms with E-state index in [9.17, 15) is 0 Å². The highest BCUT2D eigenvalue weighted by Crippen LogP contribution is 2.44. The second kappa shape index (κ2) is 11.5. The topological polar surface area (TPSA) is 25.8 Å². The fourth-order valence-electron chi connectivity index (χ4n) is 6.56. The number of fused-ring (bicyclic) bond motifs is 4. The molecule has 0 atom stereocenters. The zero-order valence-corrected chi connectivity index (χ0v) is 26.3. The van der Waals surface area contributed by atoms with Crippen LogP contribution in [0.2, 0.25) is 0 Å². The molecule has 7 aromatic carbocycles. The number of nitrogens with zero attached hydrogens (tertiary/aromatic N) is 2. The van der Waals surface area contributed by atoms with E-state index in [2.05, 4.69) is 164 Å². The molecule has 0 aliphatic carbocycles. The summed E-state index contributed by atoms with van der Waals surface area (Å²) in [4.78, 5) is 10.4. The van der Waals surface area contributed by atoms with Crippen LogP contribution < -0.4 is 0 Å². The molecule has 0 bridgehead atoms. The molecule has 3 heteroatoms. The van der Waals surface area contributed by atoms with Gasteiger partial charge in [0.15, 0.2) is 5.82 Å². The summed E-state index contributed by atoms with van der Waals surface area (Å²) >= 11 is 1.83. The van der Waals surface area contributed by atoms with Crippen LogP contribution in [0.15, 0.2) is 170 Å². The Morgan fingerprint density at radius 2 is 0.787 bits per heavy atom. The molecule has 0 fully saturated rings. The summed E-state index contributed by atoms with van der Waals surface area (Å²) in [5, 5.41) is 3.54. The van der Waals surface area contributed by atoms with Crippen LogP contribution in [-0.2, 0) is 0 Å². The molecule has 2 heterocycles. The van der Waals surface area contributed by atoms with Crippen molar-refractivity contribution in [3.8, 4) is 56.0 Å². The summed E-state index contributed by atoms with van der Waals surface area (Å²) in [5.41, 5.74) is 11.3. The van der Waals surface area contributed by atoms with E-state index in [-0.39, 0.29) is 0 Å². The monoisotopic (exact) mass is 616 g/mol. The van der Waals surface area contributed by atoms with Crippen molar-refractivity contribution in [1.29, 1.82) is 0 Å². The Hall–Kier alpha value is -5.90. The molecule has 2 nitrogen and oxygen atoms in total. The number of rotatable bonds is 5. The first-order chi connectivity index (χ1) is 23.3. The van der Waals surface area contributed by atoms with Crippen molar-refractivity contribution in [3.63, 3.8) is 0 Å². The van der Waals surface area contributed by atoms with Gasteiger partial charge in [0.1, 0.15) is 0 Å². The lowest BCUT2D eigenvalue weighted by molar-refractivity contribution is 1.24. The van der Waals surface area contributed by atoms with Crippen LogP contribution in [-0.4, -0.2) is 9.97 Å². The van der Waals surface area contributed by atoms with Crippen molar-refractivity contribution < 1.29 is 0 Å². The minimum absolute atomic E-state index is 0.747.